The van der Waals surface area contributed by atoms with Gasteiger partial charge in [-0.05, 0) is 48.7 Å². The van der Waals surface area contributed by atoms with E-state index < -0.39 is 0 Å². The van der Waals surface area contributed by atoms with Gasteiger partial charge in [0.25, 0.3) is 0 Å². The predicted octanol–water partition coefficient (Wildman–Crippen LogP) is 4.53. The van der Waals surface area contributed by atoms with Crippen LogP contribution in [-0.2, 0) is 0 Å². The first-order chi connectivity index (χ1) is 7.53. The molecule has 1 rings (SSSR count). The lowest BCUT2D eigenvalue weighted by atomic mass is 9.80. The Bertz CT molecular complexity index is 314. The molecule has 0 bridgehead atoms. The zero-order valence-corrected chi connectivity index (χ0v) is 12.1. The number of aryl methyl sites for hydroxylation is 1. The summed E-state index contributed by atoms with van der Waals surface area (Å²) in [5.74, 6) is 0. The molecule has 0 saturated heterocycles. The number of hydrogen-bond acceptors (Lipinski definition) is 2. The van der Waals surface area contributed by atoms with E-state index in [-0.39, 0.29) is 0 Å². The van der Waals surface area contributed by atoms with E-state index in [0.717, 1.165) is 6.54 Å². The predicted molar refractivity (Wildman–Crippen MR) is 74.2 cm³/mol. The van der Waals surface area contributed by atoms with Crippen molar-refractivity contribution in [3.63, 3.8) is 0 Å². The van der Waals surface area contributed by atoms with Crippen molar-refractivity contribution in [3.05, 3.63) is 21.9 Å². The van der Waals surface area contributed by atoms with Gasteiger partial charge >= 0.3 is 0 Å². The van der Waals surface area contributed by atoms with Gasteiger partial charge in [-0.25, -0.2) is 0 Å². The molecule has 0 saturated carbocycles. The zero-order chi connectivity index (χ0) is 12.2. The Labute approximate surface area is 104 Å². The first-order valence-corrected chi connectivity index (χ1v) is 7.18. The smallest absolute Gasteiger partial charge is 0.0469 e. The Hall–Kier alpha value is -0.340. The molecule has 0 radical (unpaired) electrons. The van der Waals surface area contributed by atoms with Gasteiger partial charge in [-0.15, -0.1) is 11.3 Å². The van der Waals surface area contributed by atoms with Crippen molar-refractivity contribution in [2.45, 2.75) is 53.5 Å². The minimum Gasteiger partial charge on any atom is -0.309 e. The van der Waals surface area contributed by atoms with Crippen LogP contribution < -0.4 is 5.32 Å². The Balaban J connectivity index is 2.92. The van der Waals surface area contributed by atoms with Gasteiger partial charge in [0, 0.05) is 10.9 Å². The van der Waals surface area contributed by atoms with Gasteiger partial charge < -0.3 is 5.32 Å². The van der Waals surface area contributed by atoms with Crippen LogP contribution in [0.25, 0.3) is 0 Å². The second kappa shape index (κ2) is 5.83. The van der Waals surface area contributed by atoms with Crippen molar-refractivity contribution >= 4 is 11.3 Å². The summed E-state index contributed by atoms with van der Waals surface area (Å²) in [7, 11) is 0. The van der Waals surface area contributed by atoms with Gasteiger partial charge in [0.05, 0.1) is 0 Å². The molecule has 0 aliphatic rings. The van der Waals surface area contributed by atoms with Gasteiger partial charge in [-0.2, -0.15) is 0 Å². The molecule has 1 aromatic heterocycles. The topological polar surface area (TPSA) is 12.0 Å². The maximum absolute atomic E-state index is 3.71. The van der Waals surface area contributed by atoms with Gasteiger partial charge in [-0.1, -0.05) is 27.7 Å². The maximum atomic E-state index is 3.71. The van der Waals surface area contributed by atoms with Crippen molar-refractivity contribution in [1.29, 1.82) is 0 Å². The molecule has 2 heteroatoms. The molecule has 1 nitrogen and oxygen atoms in total. The molecule has 0 fully saturated rings. The first-order valence-electron chi connectivity index (χ1n) is 6.30. The molecule has 1 heterocycles. The van der Waals surface area contributed by atoms with E-state index in [1.165, 1.54) is 23.3 Å². The highest BCUT2D eigenvalue weighted by molar-refractivity contribution is 7.10. The van der Waals surface area contributed by atoms with Gasteiger partial charge in [0.2, 0.25) is 0 Å². The molecule has 1 aromatic rings. The lowest BCUT2D eigenvalue weighted by Gasteiger charge is -2.34. The fourth-order valence-electron chi connectivity index (χ4n) is 1.90. The average molecular weight is 239 g/mol. The van der Waals surface area contributed by atoms with E-state index in [2.05, 4.69) is 51.4 Å². The lowest BCUT2D eigenvalue weighted by Crippen LogP contribution is -2.34. The fraction of sp³-hybridized carbons (Fsp3) is 0.714. The van der Waals surface area contributed by atoms with Crippen LogP contribution in [-0.4, -0.2) is 6.54 Å². The fourth-order valence-corrected chi connectivity index (χ4v) is 3.11. The van der Waals surface area contributed by atoms with E-state index >= 15 is 0 Å². The van der Waals surface area contributed by atoms with E-state index in [4.69, 9.17) is 0 Å². The number of hydrogen-bond donors (Lipinski definition) is 1. The molecule has 0 amide bonds. The van der Waals surface area contributed by atoms with Crippen LogP contribution in [0.15, 0.2) is 11.4 Å². The van der Waals surface area contributed by atoms with Crippen molar-refractivity contribution in [2.75, 3.05) is 6.54 Å². The standard InChI is InChI=1S/C14H25NS/c1-6-9-15-13(14(4,5)7-2)12-11(3)8-10-16-12/h8,10,13,15H,6-7,9H2,1-5H3. The Morgan fingerprint density at radius 1 is 1.38 bits per heavy atom. The third kappa shape index (κ3) is 3.08. The highest BCUT2D eigenvalue weighted by Gasteiger charge is 2.30. The molecule has 1 atom stereocenters. The van der Waals surface area contributed by atoms with Crippen LogP contribution in [0.5, 0.6) is 0 Å². The number of thiophene rings is 1. The molecule has 1 N–H and O–H groups in total. The van der Waals surface area contributed by atoms with E-state index in [0.29, 0.717) is 11.5 Å². The maximum Gasteiger partial charge on any atom is 0.0469 e. The van der Waals surface area contributed by atoms with Crippen LogP contribution in [0, 0.1) is 12.3 Å². The van der Waals surface area contributed by atoms with Crippen molar-refractivity contribution in [1.82, 2.24) is 5.32 Å². The van der Waals surface area contributed by atoms with Gasteiger partial charge in [0.15, 0.2) is 0 Å². The molecule has 0 spiro atoms. The largest absolute Gasteiger partial charge is 0.309 e. The monoisotopic (exact) mass is 239 g/mol. The van der Waals surface area contributed by atoms with E-state index in [1.54, 1.807) is 0 Å². The second-order valence-corrected chi connectivity index (χ2v) is 6.14. The van der Waals surface area contributed by atoms with Crippen LogP contribution in [0.1, 0.15) is 57.0 Å². The molecular formula is C14H25NS. The molecule has 0 aliphatic heterocycles. The Morgan fingerprint density at radius 3 is 2.50 bits per heavy atom. The normalized spacial score (nSPS) is 14.1. The molecular weight excluding hydrogens is 214 g/mol. The number of nitrogens with one attached hydrogen (secondary N) is 1. The second-order valence-electron chi connectivity index (χ2n) is 5.20. The molecule has 0 aromatic carbocycles. The third-order valence-electron chi connectivity index (χ3n) is 3.46. The van der Waals surface area contributed by atoms with Crippen LogP contribution in [0.2, 0.25) is 0 Å². The Morgan fingerprint density at radius 2 is 2.06 bits per heavy atom. The summed E-state index contributed by atoms with van der Waals surface area (Å²) < 4.78 is 0. The molecule has 0 aliphatic carbocycles. The van der Waals surface area contributed by atoms with Crippen LogP contribution in [0.4, 0.5) is 0 Å². The van der Waals surface area contributed by atoms with E-state index in [9.17, 15) is 0 Å². The van der Waals surface area contributed by atoms with Crippen LogP contribution >= 0.6 is 11.3 Å². The van der Waals surface area contributed by atoms with E-state index in [1.807, 2.05) is 11.3 Å². The summed E-state index contributed by atoms with van der Waals surface area (Å²) in [6.07, 6.45) is 2.40. The summed E-state index contributed by atoms with van der Waals surface area (Å²) in [5.41, 5.74) is 1.75. The van der Waals surface area contributed by atoms with Gasteiger partial charge in [0.1, 0.15) is 0 Å². The molecule has 92 valence electrons. The minimum absolute atomic E-state index is 0.324. The minimum atomic E-state index is 0.324. The highest BCUT2D eigenvalue weighted by Crippen LogP contribution is 2.39. The SMILES string of the molecule is CCCNC(c1sccc1C)C(C)(C)CC. The third-order valence-corrected chi connectivity index (χ3v) is 4.54. The average Bonchev–Trinajstić information content (AvgIpc) is 2.65. The molecule has 16 heavy (non-hydrogen) atoms. The van der Waals surface area contributed by atoms with Crippen molar-refractivity contribution in [3.8, 4) is 0 Å². The summed E-state index contributed by atoms with van der Waals surface area (Å²) in [6, 6.07) is 2.73. The molecule has 1 unspecified atom stereocenters. The number of rotatable bonds is 6. The first kappa shape index (κ1) is 13.7. The lowest BCUT2D eigenvalue weighted by molar-refractivity contribution is 0.237. The summed E-state index contributed by atoms with van der Waals surface area (Å²) in [4.78, 5) is 1.51. The summed E-state index contributed by atoms with van der Waals surface area (Å²) in [5, 5.41) is 5.92. The van der Waals surface area contributed by atoms with Gasteiger partial charge in [-0.3, -0.25) is 0 Å². The van der Waals surface area contributed by atoms with Crippen molar-refractivity contribution < 1.29 is 0 Å². The Kier molecular flexibility index (Phi) is 5.00. The van der Waals surface area contributed by atoms with Crippen molar-refractivity contribution in [2.24, 2.45) is 5.41 Å². The summed E-state index contributed by atoms with van der Waals surface area (Å²) >= 11 is 1.89. The quantitative estimate of drug-likeness (QED) is 0.769. The zero-order valence-electron chi connectivity index (χ0n) is 11.3. The van der Waals surface area contributed by atoms with Crippen LogP contribution in [0.3, 0.4) is 0 Å². The summed E-state index contributed by atoms with van der Waals surface area (Å²) in [6.45, 7) is 12.6. The highest BCUT2D eigenvalue weighted by atomic mass is 32.1.